The molecule has 1 aliphatic heterocycles. The molecule has 2 nitrogen and oxygen atoms in total. The molecule has 0 radical (unpaired) electrons. The van der Waals surface area contributed by atoms with E-state index in [4.69, 9.17) is 9.31 Å². The largest absolute Gasteiger partial charge is 0.542 e. The average Bonchev–Trinajstić information content (AvgIpc) is 2.41. The van der Waals surface area contributed by atoms with Gasteiger partial charge in [0.15, 0.2) is 0 Å². The summed E-state index contributed by atoms with van der Waals surface area (Å²) in [6.45, 7) is 2.97. The van der Waals surface area contributed by atoms with Gasteiger partial charge in [0.25, 0.3) is 0 Å². The van der Waals surface area contributed by atoms with Gasteiger partial charge in [-0.2, -0.15) is 0 Å². The van der Waals surface area contributed by atoms with Gasteiger partial charge in [0.2, 0.25) is 0 Å². The first kappa shape index (κ1) is 7.67. The molecular weight excluding hydrogens is 127 g/mol. The summed E-state index contributed by atoms with van der Waals surface area (Å²) in [4.78, 5) is 0. The van der Waals surface area contributed by atoms with Crippen molar-refractivity contribution in [2.75, 3.05) is 6.61 Å². The summed E-state index contributed by atoms with van der Waals surface area (Å²) in [5.74, 6) is 0. The monoisotopic (exact) mass is 140 g/mol. The molecule has 0 atom stereocenters. The van der Waals surface area contributed by atoms with Crippen LogP contribution in [0.25, 0.3) is 0 Å². The van der Waals surface area contributed by atoms with E-state index in [0.29, 0.717) is 0 Å². The van der Waals surface area contributed by atoms with Crippen molar-refractivity contribution in [2.24, 2.45) is 0 Å². The van der Waals surface area contributed by atoms with Crippen LogP contribution >= 0.6 is 0 Å². The minimum absolute atomic E-state index is 0.00606. The highest BCUT2D eigenvalue weighted by atomic mass is 16.6. The van der Waals surface area contributed by atoms with E-state index >= 15 is 0 Å². The average molecular weight is 140 g/mol. The van der Waals surface area contributed by atoms with Crippen LogP contribution in [-0.4, -0.2) is 13.7 Å². The molecule has 1 heterocycles. The predicted octanol–water partition coefficient (Wildman–Crippen LogP) is 1.84. The summed E-state index contributed by atoms with van der Waals surface area (Å²) in [6, 6.07) is 0. The molecule has 0 saturated carbocycles. The van der Waals surface area contributed by atoms with Crippen molar-refractivity contribution in [1.29, 1.82) is 0 Å². The minimum atomic E-state index is 0.00606. The first-order chi connectivity index (χ1) is 4.93. The van der Waals surface area contributed by atoms with E-state index in [1.54, 1.807) is 6.26 Å². The first-order valence-electron chi connectivity index (χ1n) is 3.85. The zero-order valence-corrected chi connectivity index (χ0v) is 6.38. The fourth-order valence-electron chi connectivity index (χ4n) is 0.832. The maximum Gasteiger partial charge on any atom is 0.529 e. The molecule has 10 heavy (non-hydrogen) atoms. The molecule has 0 aliphatic carbocycles. The van der Waals surface area contributed by atoms with Crippen molar-refractivity contribution in [3.05, 3.63) is 12.3 Å². The molecule has 0 aromatic carbocycles. The summed E-state index contributed by atoms with van der Waals surface area (Å²) in [5, 5.41) is 0. The highest BCUT2D eigenvalue weighted by Gasteiger charge is 2.19. The Morgan fingerprint density at radius 2 is 2.60 bits per heavy atom. The SMILES string of the molecule is CCCCOB1CC=CO1. The molecule has 0 aromatic rings. The van der Waals surface area contributed by atoms with Crippen LogP contribution in [0.4, 0.5) is 0 Å². The number of hydrogen-bond donors (Lipinski definition) is 0. The van der Waals surface area contributed by atoms with Crippen molar-refractivity contribution in [3.8, 4) is 0 Å². The van der Waals surface area contributed by atoms with Gasteiger partial charge in [-0.05, 0) is 6.42 Å². The molecule has 56 valence electrons. The van der Waals surface area contributed by atoms with Crippen LogP contribution in [0.2, 0.25) is 6.32 Å². The van der Waals surface area contributed by atoms with E-state index in [1.165, 1.54) is 6.42 Å². The molecule has 0 spiro atoms. The summed E-state index contributed by atoms with van der Waals surface area (Å²) in [6.07, 6.45) is 6.90. The van der Waals surface area contributed by atoms with Crippen LogP contribution in [0.15, 0.2) is 12.3 Å². The maximum atomic E-state index is 5.36. The number of unbranched alkanes of at least 4 members (excludes halogenated alkanes) is 1. The van der Waals surface area contributed by atoms with Gasteiger partial charge in [0.1, 0.15) is 0 Å². The van der Waals surface area contributed by atoms with Crippen LogP contribution in [-0.2, 0) is 9.31 Å². The molecular formula is C7H13BO2. The van der Waals surface area contributed by atoms with Gasteiger partial charge in [-0.3, -0.25) is 0 Å². The molecule has 1 aliphatic rings. The van der Waals surface area contributed by atoms with Crippen molar-refractivity contribution >= 4 is 7.12 Å². The molecule has 0 bridgehead atoms. The van der Waals surface area contributed by atoms with Gasteiger partial charge in [0.05, 0.1) is 6.26 Å². The third-order valence-corrected chi connectivity index (χ3v) is 1.46. The highest BCUT2D eigenvalue weighted by molar-refractivity contribution is 6.46. The molecule has 0 N–H and O–H groups in total. The second kappa shape index (κ2) is 4.39. The summed E-state index contributed by atoms with van der Waals surface area (Å²) in [7, 11) is 0.00606. The topological polar surface area (TPSA) is 18.5 Å². The quantitative estimate of drug-likeness (QED) is 0.438. The Morgan fingerprint density at radius 3 is 3.20 bits per heavy atom. The van der Waals surface area contributed by atoms with Gasteiger partial charge in [-0.25, -0.2) is 0 Å². The Morgan fingerprint density at radius 1 is 1.70 bits per heavy atom. The summed E-state index contributed by atoms with van der Waals surface area (Å²) < 4.78 is 10.5. The zero-order chi connectivity index (χ0) is 7.23. The van der Waals surface area contributed by atoms with Gasteiger partial charge in [-0.15, -0.1) is 0 Å². The molecule has 1 rings (SSSR count). The highest BCUT2D eigenvalue weighted by Crippen LogP contribution is 2.07. The van der Waals surface area contributed by atoms with Crippen LogP contribution in [0.5, 0.6) is 0 Å². The fraction of sp³-hybridized carbons (Fsp3) is 0.714. The predicted molar refractivity (Wildman–Crippen MR) is 41.6 cm³/mol. The Kier molecular flexibility index (Phi) is 3.37. The Labute approximate surface area is 62.4 Å². The van der Waals surface area contributed by atoms with Crippen LogP contribution in [0, 0.1) is 0 Å². The second-order valence-corrected chi connectivity index (χ2v) is 2.40. The normalized spacial score (nSPS) is 15.9. The molecule has 0 aromatic heterocycles. The first-order valence-corrected chi connectivity index (χ1v) is 3.85. The van der Waals surface area contributed by atoms with E-state index in [1.807, 2.05) is 6.08 Å². The maximum absolute atomic E-state index is 5.36. The third-order valence-electron chi connectivity index (χ3n) is 1.46. The van der Waals surface area contributed by atoms with Gasteiger partial charge in [0, 0.05) is 12.9 Å². The van der Waals surface area contributed by atoms with Crippen molar-refractivity contribution in [2.45, 2.75) is 26.1 Å². The van der Waals surface area contributed by atoms with Gasteiger partial charge < -0.3 is 9.31 Å². The molecule has 0 unspecified atom stereocenters. The van der Waals surface area contributed by atoms with E-state index in [-0.39, 0.29) is 7.12 Å². The lowest BCUT2D eigenvalue weighted by molar-refractivity contribution is 0.251. The lowest BCUT2D eigenvalue weighted by Gasteiger charge is -2.05. The Balaban J connectivity index is 1.93. The van der Waals surface area contributed by atoms with Crippen molar-refractivity contribution in [1.82, 2.24) is 0 Å². The molecule has 3 heteroatoms. The van der Waals surface area contributed by atoms with Crippen LogP contribution < -0.4 is 0 Å². The number of allylic oxidation sites excluding steroid dienone is 1. The van der Waals surface area contributed by atoms with Crippen LogP contribution in [0.3, 0.4) is 0 Å². The Hall–Kier alpha value is -0.435. The fourth-order valence-corrected chi connectivity index (χ4v) is 0.832. The second-order valence-electron chi connectivity index (χ2n) is 2.40. The van der Waals surface area contributed by atoms with E-state index in [9.17, 15) is 0 Å². The van der Waals surface area contributed by atoms with Crippen LogP contribution in [0.1, 0.15) is 19.8 Å². The van der Waals surface area contributed by atoms with Crippen molar-refractivity contribution in [3.63, 3.8) is 0 Å². The van der Waals surface area contributed by atoms with E-state index in [2.05, 4.69) is 6.92 Å². The molecule has 0 amide bonds. The molecule has 0 saturated heterocycles. The number of rotatable bonds is 4. The number of hydrogen-bond acceptors (Lipinski definition) is 2. The lowest BCUT2D eigenvalue weighted by Crippen LogP contribution is -2.16. The van der Waals surface area contributed by atoms with Gasteiger partial charge >= 0.3 is 7.12 Å². The zero-order valence-electron chi connectivity index (χ0n) is 6.38. The van der Waals surface area contributed by atoms with E-state index < -0.39 is 0 Å². The standard InChI is InChI=1S/C7H13BO2/c1-2-3-6-9-8-5-4-7-10-8/h4,7H,2-3,5-6H2,1H3. The van der Waals surface area contributed by atoms with E-state index in [0.717, 1.165) is 19.3 Å². The summed E-state index contributed by atoms with van der Waals surface area (Å²) >= 11 is 0. The summed E-state index contributed by atoms with van der Waals surface area (Å²) in [5.41, 5.74) is 0. The lowest BCUT2D eigenvalue weighted by atomic mass is 9.87. The Bertz CT molecular complexity index is 106. The van der Waals surface area contributed by atoms with Crippen molar-refractivity contribution < 1.29 is 9.31 Å². The smallest absolute Gasteiger partial charge is 0.529 e. The van der Waals surface area contributed by atoms with Gasteiger partial charge in [-0.1, -0.05) is 19.4 Å². The minimum Gasteiger partial charge on any atom is -0.542 e. The third kappa shape index (κ3) is 2.44. The molecule has 0 fully saturated rings.